The van der Waals surface area contributed by atoms with Crippen LogP contribution in [0.3, 0.4) is 0 Å². The Morgan fingerprint density at radius 2 is 1.56 bits per heavy atom. The van der Waals surface area contributed by atoms with Gasteiger partial charge in [-0.05, 0) is 30.5 Å². The minimum absolute atomic E-state index is 0.941. The second kappa shape index (κ2) is 5.36. The first kappa shape index (κ1) is 10.7. The molecule has 0 saturated carbocycles. The molecule has 0 bridgehead atoms. The molecule has 1 heteroatoms. The monoisotopic (exact) mass is 210 g/mol. The van der Waals surface area contributed by atoms with Crippen molar-refractivity contribution in [3.63, 3.8) is 0 Å². The summed E-state index contributed by atoms with van der Waals surface area (Å²) in [4.78, 5) is 0. The van der Waals surface area contributed by atoms with Gasteiger partial charge in [0.2, 0.25) is 0 Å². The number of hydrogen-bond acceptors (Lipinski definition) is 1. The van der Waals surface area contributed by atoms with Gasteiger partial charge < -0.3 is 5.32 Å². The molecule has 16 heavy (non-hydrogen) atoms. The van der Waals surface area contributed by atoms with E-state index >= 15 is 0 Å². The maximum atomic E-state index is 3.98. The first-order valence-corrected chi connectivity index (χ1v) is 5.55. The molecule has 0 unspecified atom stereocenters. The Balaban J connectivity index is 1.87. The van der Waals surface area contributed by atoms with Crippen molar-refractivity contribution < 1.29 is 0 Å². The molecule has 2 aromatic carbocycles. The van der Waals surface area contributed by atoms with Crippen LogP contribution < -0.4 is 5.32 Å². The lowest BCUT2D eigenvalue weighted by Gasteiger charge is -2.08. The van der Waals surface area contributed by atoms with Crippen LogP contribution in [0, 0.1) is 6.92 Å². The molecule has 2 rings (SSSR count). The van der Waals surface area contributed by atoms with E-state index in [0.717, 1.165) is 24.2 Å². The third-order valence-corrected chi connectivity index (χ3v) is 2.59. The Labute approximate surface area is 97.1 Å². The second-order valence-corrected chi connectivity index (χ2v) is 3.82. The number of nitrogens with one attached hydrogen (secondary N) is 1. The normalized spacial score (nSPS) is 10.1. The SMILES string of the molecule is [CH2]c1ccccc1NCCc1ccccc1. The summed E-state index contributed by atoms with van der Waals surface area (Å²) in [5.74, 6) is 0. The standard InChI is InChI=1S/C15H16N/c1-13-7-5-6-10-15(13)16-12-11-14-8-3-2-4-9-14/h2-10,16H,1,11-12H2. The molecule has 1 radical (unpaired) electrons. The highest BCUT2D eigenvalue weighted by atomic mass is 14.9. The van der Waals surface area contributed by atoms with Crippen LogP contribution in [0.25, 0.3) is 0 Å². The largest absolute Gasteiger partial charge is 0.384 e. The summed E-state index contributed by atoms with van der Waals surface area (Å²) in [5, 5.41) is 3.40. The minimum atomic E-state index is 0.941. The lowest BCUT2D eigenvalue weighted by Crippen LogP contribution is -2.05. The molecule has 0 amide bonds. The van der Waals surface area contributed by atoms with Gasteiger partial charge >= 0.3 is 0 Å². The van der Waals surface area contributed by atoms with Crippen molar-refractivity contribution in [1.29, 1.82) is 0 Å². The van der Waals surface area contributed by atoms with E-state index in [1.807, 2.05) is 24.3 Å². The van der Waals surface area contributed by atoms with Gasteiger partial charge in [-0.25, -0.2) is 0 Å². The third-order valence-electron chi connectivity index (χ3n) is 2.59. The van der Waals surface area contributed by atoms with Crippen molar-refractivity contribution >= 4 is 5.69 Å². The predicted molar refractivity (Wildman–Crippen MR) is 69.5 cm³/mol. The Bertz CT molecular complexity index is 434. The third kappa shape index (κ3) is 2.86. The molecule has 2 aromatic rings. The van der Waals surface area contributed by atoms with Crippen LogP contribution in [0.1, 0.15) is 11.1 Å². The van der Waals surface area contributed by atoms with Gasteiger partial charge in [-0.3, -0.25) is 0 Å². The molecule has 1 nitrogen and oxygen atoms in total. The van der Waals surface area contributed by atoms with Crippen molar-refractivity contribution in [2.75, 3.05) is 11.9 Å². The molecule has 0 spiro atoms. The van der Waals surface area contributed by atoms with Gasteiger partial charge in [0.25, 0.3) is 0 Å². The molecule has 1 N–H and O–H groups in total. The van der Waals surface area contributed by atoms with Crippen LogP contribution in [-0.4, -0.2) is 6.54 Å². The molecule has 0 aromatic heterocycles. The highest BCUT2D eigenvalue weighted by Crippen LogP contribution is 2.12. The second-order valence-electron chi connectivity index (χ2n) is 3.82. The van der Waals surface area contributed by atoms with Crippen LogP contribution in [0.2, 0.25) is 0 Å². The van der Waals surface area contributed by atoms with E-state index in [2.05, 4.69) is 42.6 Å². The van der Waals surface area contributed by atoms with Gasteiger partial charge in [0, 0.05) is 12.2 Å². The molecule has 0 aliphatic carbocycles. The van der Waals surface area contributed by atoms with E-state index in [4.69, 9.17) is 0 Å². The summed E-state index contributed by atoms with van der Waals surface area (Å²) in [6.07, 6.45) is 1.04. The zero-order chi connectivity index (χ0) is 11.2. The zero-order valence-electron chi connectivity index (χ0n) is 9.32. The maximum absolute atomic E-state index is 3.98. The molecule has 0 aliphatic heterocycles. The summed E-state index contributed by atoms with van der Waals surface area (Å²) < 4.78 is 0. The van der Waals surface area contributed by atoms with Crippen molar-refractivity contribution in [3.8, 4) is 0 Å². The Hall–Kier alpha value is -1.76. The Morgan fingerprint density at radius 3 is 2.31 bits per heavy atom. The van der Waals surface area contributed by atoms with E-state index in [1.165, 1.54) is 5.56 Å². The fourth-order valence-electron chi connectivity index (χ4n) is 1.68. The smallest absolute Gasteiger partial charge is 0.0372 e. The number of anilines is 1. The van der Waals surface area contributed by atoms with Crippen LogP contribution >= 0.6 is 0 Å². The van der Waals surface area contributed by atoms with E-state index in [-0.39, 0.29) is 0 Å². The van der Waals surface area contributed by atoms with E-state index in [0.29, 0.717) is 0 Å². The van der Waals surface area contributed by atoms with Crippen molar-refractivity contribution in [2.24, 2.45) is 0 Å². The fraction of sp³-hybridized carbons (Fsp3) is 0.133. The topological polar surface area (TPSA) is 12.0 Å². The summed E-state index contributed by atoms with van der Waals surface area (Å²) in [6, 6.07) is 18.6. The highest BCUT2D eigenvalue weighted by Gasteiger charge is 1.95. The van der Waals surface area contributed by atoms with E-state index < -0.39 is 0 Å². The summed E-state index contributed by atoms with van der Waals surface area (Å²) in [7, 11) is 0. The number of hydrogen-bond donors (Lipinski definition) is 1. The van der Waals surface area contributed by atoms with Gasteiger partial charge in [0.1, 0.15) is 0 Å². The van der Waals surface area contributed by atoms with Gasteiger partial charge in [0.15, 0.2) is 0 Å². The molecule has 0 aliphatic rings. The number of para-hydroxylation sites is 1. The van der Waals surface area contributed by atoms with E-state index in [1.54, 1.807) is 0 Å². The van der Waals surface area contributed by atoms with Crippen molar-refractivity contribution in [1.82, 2.24) is 0 Å². The molecule has 0 saturated heterocycles. The molecule has 81 valence electrons. The van der Waals surface area contributed by atoms with Crippen molar-refractivity contribution in [2.45, 2.75) is 6.42 Å². The Kier molecular flexibility index (Phi) is 3.60. The lowest BCUT2D eigenvalue weighted by atomic mass is 10.1. The summed E-state index contributed by atoms with van der Waals surface area (Å²) in [5.41, 5.74) is 3.53. The first-order valence-electron chi connectivity index (χ1n) is 5.55. The van der Waals surface area contributed by atoms with Crippen LogP contribution in [-0.2, 0) is 6.42 Å². The first-order chi connectivity index (χ1) is 7.86. The number of rotatable bonds is 4. The van der Waals surface area contributed by atoms with Gasteiger partial charge in [0.05, 0.1) is 0 Å². The average Bonchev–Trinajstić information content (AvgIpc) is 2.33. The van der Waals surface area contributed by atoms with Gasteiger partial charge in [-0.1, -0.05) is 48.5 Å². The zero-order valence-corrected chi connectivity index (χ0v) is 9.32. The van der Waals surface area contributed by atoms with Gasteiger partial charge in [-0.15, -0.1) is 0 Å². The maximum Gasteiger partial charge on any atom is 0.0372 e. The predicted octanol–water partition coefficient (Wildman–Crippen LogP) is 3.52. The molecular formula is C15H16N. The molecule has 0 heterocycles. The van der Waals surface area contributed by atoms with Crippen LogP contribution in [0.4, 0.5) is 5.69 Å². The average molecular weight is 210 g/mol. The molecule has 0 atom stereocenters. The fourth-order valence-corrected chi connectivity index (χ4v) is 1.68. The molecule has 0 fully saturated rings. The van der Waals surface area contributed by atoms with E-state index in [9.17, 15) is 0 Å². The molecular weight excluding hydrogens is 194 g/mol. The number of benzene rings is 2. The Morgan fingerprint density at radius 1 is 0.875 bits per heavy atom. The minimum Gasteiger partial charge on any atom is -0.384 e. The quantitative estimate of drug-likeness (QED) is 0.814. The lowest BCUT2D eigenvalue weighted by molar-refractivity contribution is 1.02. The summed E-state index contributed by atoms with van der Waals surface area (Å²) in [6.45, 7) is 4.92. The van der Waals surface area contributed by atoms with Crippen LogP contribution in [0.15, 0.2) is 54.6 Å². The van der Waals surface area contributed by atoms with Gasteiger partial charge in [-0.2, -0.15) is 0 Å². The highest BCUT2D eigenvalue weighted by molar-refractivity contribution is 5.52. The summed E-state index contributed by atoms with van der Waals surface area (Å²) >= 11 is 0. The van der Waals surface area contributed by atoms with Crippen LogP contribution in [0.5, 0.6) is 0 Å². The van der Waals surface area contributed by atoms with Crippen molar-refractivity contribution in [3.05, 3.63) is 72.6 Å².